The number of aromatic nitrogens is 2. The summed E-state index contributed by atoms with van der Waals surface area (Å²) < 4.78 is 285. The van der Waals surface area contributed by atoms with Crippen LogP contribution in [0.1, 0.15) is 41.1 Å². The Kier molecular flexibility index (Phi) is 2.95. The van der Waals surface area contributed by atoms with Crippen molar-refractivity contribution in [3.8, 4) is 50.6 Å². The molecule has 0 spiro atoms. The van der Waals surface area contributed by atoms with Crippen molar-refractivity contribution in [1.29, 1.82) is 0 Å². The fourth-order valence-corrected chi connectivity index (χ4v) is 9.59. The Hall–Kier alpha value is -7.21. The van der Waals surface area contributed by atoms with Crippen LogP contribution in [-0.2, 0) is 0 Å². The SMILES string of the molecule is [2H]c1c([2H])c([2H])c2c(c1[2H])Oc1cc(-c3c([2H])c([2H])c([2H])c([2H])c3-n3c4c([2H])c([2H])c([2H])c([2H])c4c4c([2H])c([2H])c([2H])c([2H])c43)c([2H])c3c1B2Sc1c([2H])c(-c2c([2H])c4c5c([2H])c([2H])c([2H])c([2H])c5n5c6c([2H])c([2H])c([2H])c([2H])c6c(c2[2H])c45)c([2H])c([2H])c1-3. The molecule has 5 heterocycles. The number of para-hydroxylation sites is 6. The Morgan fingerprint density at radius 3 is 1.76 bits per heavy atom. The molecule has 0 radical (unpaired) electrons. The second kappa shape index (κ2) is 11.7. The van der Waals surface area contributed by atoms with E-state index in [1.54, 1.807) is 0 Å². The van der Waals surface area contributed by atoms with Crippen LogP contribution >= 0.6 is 11.6 Å². The molecule has 0 aliphatic carbocycles. The van der Waals surface area contributed by atoms with Gasteiger partial charge in [0.25, 0.3) is 5.99 Å². The van der Waals surface area contributed by atoms with Crippen molar-refractivity contribution in [2.75, 3.05) is 0 Å². The van der Waals surface area contributed by atoms with Gasteiger partial charge in [0, 0.05) is 42.8 Å². The van der Waals surface area contributed by atoms with Gasteiger partial charge in [-0.3, -0.25) is 0 Å². The van der Waals surface area contributed by atoms with Crippen molar-refractivity contribution in [2.24, 2.45) is 0 Å². The summed E-state index contributed by atoms with van der Waals surface area (Å²) in [6, 6.07) is -22.9. The first-order chi connectivity index (χ1) is 41.8. The first-order valence-electron chi connectivity index (χ1n) is 32.8. The average Bonchev–Trinajstić information content (AvgIpc) is 1.58. The standard InChI is InChI=1S/C54H31BN2OS/c1-7-19-45(56-46-20-8-2-14-36(46)37-15-3-9-21-47(37)56)35(13-1)34-29-41-40-26-25-32(31-52(40)59-55-44-18-6-12-24-50(44)58-51(30-34)53(41)55)33-27-42-38-16-4-10-22-48(38)57-49-23-11-5-17-39(49)43(28-33)54(42)57/h1-31H/i1D,2D,3D,4D,5D,6D,7D,8D,9D,10D,11D,12D,13D,14D,15D,16D,17D,18D,19D,20D,21D,22D,23D,24D,25D,26D,27D,28D,29D,31D. The minimum Gasteiger partial charge on any atom is -0.458 e. The van der Waals surface area contributed by atoms with E-state index in [0.717, 1.165) is 15.0 Å². The van der Waals surface area contributed by atoms with Crippen LogP contribution in [0, 0.1) is 0 Å². The van der Waals surface area contributed by atoms with Crippen LogP contribution in [0.5, 0.6) is 11.5 Å². The molecule has 0 bridgehead atoms. The fourth-order valence-electron chi connectivity index (χ4n) is 8.28. The van der Waals surface area contributed by atoms with E-state index in [2.05, 4.69) is 0 Å². The molecular formula is C54H31BN2OS. The van der Waals surface area contributed by atoms with Gasteiger partial charge < -0.3 is 13.7 Å². The van der Waals surface area contributed by atoms with E-state index < -0.39 is 254 Å². The van der Waals surface area contributed by atoms with Crippen molar-refractivity contribution < 1.29 is 45.9 Å². The van der Waals surface area contributed by atoms with Crippen molar-refractivity contribution in [3.63, 3.8) is 0 Å². The first-order valence-corrected chi connectivity index (χ1v) is 18.7. The first kappa shape index (κ1) is 14.9. The van der Waals surface area contributed by atoms with E-state index in [1.807, 2.05) is 0 Å². The van der Waals surface area contributed by atoms with Crippen molar-refractivity contribution in [3.05, 3.63) is 187 Å². The van der Waals surface area contributed by atoms with Gasteiger partial charge in [-0.05, 0) is 105 Å². The molecule has 0 atom stereocenters. The molecule has 0 saturated carbocycles. The van der Waals surface area contributed by atoms with Gasteiger partial charge in [0.2, 0.25) is 0 Å². The zero-order valence-corrected chi connectivity index (χ0v) is 30.2. The highest BCUT2D eigenvalue weighted by molar-refractivity contribution is 8.28. The van der Waals surface area contributed by atoms with Crippen molar-refractivity contribution >= 4 is 88.4 Å². The third-order valence-electron chi connectivity index (χ3n) is 10.7. The molecule has 0 saturated heterocycles. The molecule has 3 aromatic heterocycles. The quantitative estimate of drug-likeness (QED) is 0.166. The molecule has 2 aliphatic rings. The summed E-state index contributed by atoms with van der Waals surface area (Å²) in [5, 5.41) is -2.25. The van der Waals surface area contributed by atoms with Gasteiger partial charge >= 0.3 is 0 Å². The molecule has 0 unspecified atom stereocenters. The number of hydrogen-bond acceptors (Lipinski definition) is 2. The highest BCUT2D eigenvalue weighted by Gasteiger charge is 2.39. The van der Waals surface area contributed by atoms with Crippen LogP contribution in [0.15, 0.2) is 192 Å². The number of nitrogens with zero attached hydrogens (tertiary/aromatic N) is 2. The molecule has 2 aliphatic heterocycles. The molecule has 0 amide bonds. The third-order valence-corrected chi connectivity index (χ3v) is 11.9. The smallest absolute Gasteiger partial charge is 0.289 e. The number of benzene rings is 9. The normalized spacial score (nSPS) is 20.2. The number of ether oxygens (including phenoxy) is 1. The minimum absolute atomic E-state index is 0.110. The highest BCUT2D eigenvalue weighted by Crippen LogP contribution is 2.48. The fraction of sp³-hybridized carbons (Fsp3) is 0. The molecule has 14 rings (SSSR count). The van der Waals surface area contributed by atoms with Gasteiger partial charge in [-0.15, -0.1) is 0 Å². The van der Waals surface area contributed by atoms with Crippen LogP contribution in [0.3, 0.4) is 0 Å². The maximum Gasteiger partial charge on any atom is 0.289 e. The second-order valence-electron chi connectivity index (χ2n) is 13.6. The molecule has 0 fully saturated rings. The summed E-state index contributed by atoms with van der Waals surface area (Å²) >= 11 is 0.684. The topological polar surface area (TPSA) is 18.6 Å². The maximum atomic E-state index is 10.4. The summed E-state index contributed by atoms with van der Waals surface area (Å²) in [6.45, 7) is 0. The Bertz CT molecular complexity index is 5340. The molecule has 59 heavy (non-hydrogen) atoms. The van der Waals surface area contributed by atoms with Crippen LogP contribution in [-0.4, -0.2) is 15.0 Å². The molecule has 0 N–H and O–H groups in total. The summed E-state index contributed by atoms with van der Waals surface area (Å²) in [4.78, 5) is -0.345. The molecule has 3 nitrogen and oxygen atoms in total. The van der Waals surface area contributed by atoms with E-state index in [1.165, 1.54) is 0 Å². The third kappa shape index (κ3) is 4.30. The van der Waals surface area contributed by atoms with E-state index in [0.29, 0.717) is 11.6 Å². The highest BCUT2D eigenvalue weighted by atomic mass is 32.2. The Labute approximate surface area is 386 Å². The minimum atomic E-state index is -1.46. The lowest BCUT2D eigenvalue weighted by atomic mass is 9.57. The lowest BCUT2D eigenvalue weighted by Gasteiger charge is -2.33. The van der Waals surface area contributed by atoms with E-state index >= 15 is 0 Å². The second-order valence-corrected chi connectivity index (χ2v) is 14.8. The average molecular weight is 797 g/mol. The number of rotatable bonds is 3. The van der Waals surface area contributed by atoms with Crippen LogP contribution in [0.2, 0.25) is 0 Å². The van der Waals surface area contributed by atoms with Crippen molar-refractivity contribution in [2.45, 2.75) is 4.90 Å². The lowest BCUT2D eigenvalue weighted by molar-refractivity contribution is 0.488. The molecule has 272 valence electrons. The van der Waals surface area contributed by atoms with E-state index in [9.17, 15) is 15.1 Å². The van der Waals surface area contributed by atoms with Gasteiger partial charge in [0.05, 0.1) is 74.4 Å². The van der Waals surface area contributed by atoms with Crippen LogP contribution < -0.4 is 15.7 Å². The summed E-state index contributed by atoms with van der Waals surface area (Å²) in [5.74, 6) is -2.32. The molecule has 12 aromatic rings. The maximum absolute atomic E-state index is 10.4. The van der Waals surface area contributed by atoms with Crippen LogP contribution in [0.25, 0.3) is 99.0 Å². The van der Waals surface area contributed by atoms with Gasteiger partial charge in [-0.1, -0.05) is 121 Å². The zero-order valence-electron chi connectivity index (χ0n) is 59.4. The van der Waals surface area contributed by atoms with E-state index in [-0.39, 0.29) is 59.7 Å². The van der Waals surface area contributed by atoms with Crippen LogP contribution in [0.4, 0.5) is 0 Å². The van der Waals surface area contributed by atoms with Gasteiger partial charge in [0.1, 0.15) is 11.5 Å². The number of hydrogen-bond donors (Lipinski definition) is 0. The summed E-state index contributed by atoms with van der Waals surface area (Å²) in [5.41, 5.74) is -6.47. The summed E-state index contributed by atoms with van der Waals surface area (Å²) in [6.07, 6.45) is 0. The Balaban J connectivity index is 1.16. The van der Waals surface area contributed by atoms with Gasteiger partial charge in [0.15, 0.2) is 0 Å². The van der Waals surface area contributed by atoms with Crippen molar-refractivity contribution in [1.82, 2.24) is 8.97 Å². The predicted octanol–water partition coefficient (Wildman–Crippen LogP) is 13.3. The molecule has 5 heteroatoms. The van der Waals surface area contributed by atoms with Gasteiger partial charge in [-0.25, -0.2) is 0 Å². The number of fused-ring (bicyclic) bond motifs is 13. The summed E-state index contributed by atoms with van der Waals surface area (Å²) in [7, 11) is 0. The monoisotopic (exact) mass is 796 g/mol. The predicted molar refractivity (Wildman–Crippen MR) is 249 cm³/mol. The lowest BCUT2D eigenvalue weighted by Crippen LogP contribution is -2.46. The van der Waals surface area contributed by atoms with Gasteiger partial charge in [-0.2, -0.15) is 11.6 Å². The molecular weight excluding hydrogens is 735 g/mol. The Morgan fingerprint density at radius 2 is 1.05 bits per heavy atom. The molecule has 9 aromatic carbocycles. The Morgan fingerprint density at radius 1 is 0.458 bits per heavy atom. The zero-order chi connectivity index (χ0) is 64.5. The largest absolute Gasteiger partial charge is 0.458 e. The van der Waals surface area contributed by atoms with E-state index in [4.69, 9.17) is 30.8 Å².